The summed E-state index contributed by atoms with van der Waals surface area (Å²) in [5.74, 6) is 1.26. The minimum atomic E-state index is 0.515. The lowest BCUT2D eigenvalue weighted by Gasteiger charge is -2.16. The standard InChI is InChI=1S/C19H20ClN3O2S/c1-6-12-18-11(9-21-19(23-18)26-5)7-13(22-12)16-10(2)14(24-3)8-15(25-4)17(16)20/h7-9H,6H2,1-5H3. The fourth-order valence-electron chi connectivity index (χ4n) is 2.93. The molecule has 26 heavy (non-hydrogen) atoms. The van der Waals surface area contributed by atoms with Gasteiger partial charge in [0.15, 0.2) is 5.16 Å². The molecule has 0 bridgehead atoms. The lowest BCUT2D eigenvalue weighted by atomic mass is 10.0. The Bertz CT molecular complexity index is 951. The summed E-state index contributed by atoms with van der Waals surface area (Å²) in [6.07, 6.45) is 4.55. The third-order valence-corrected chi connectivity index (χ3v) is 5.21. The summed E-state index contributed by atoms with van der Waals surface area (Å²) in [5, 5.41) is 2.18. The van der Waals surface area contributed by atoms with Crippen LogP contribution in [-0.2, 0) is 6.42 Å². The van der Waals surface area contributed by atoms with Crippen molar-refractivity contribution in [2.45, 2.75) is 25.4 Å². The third kappa shape index (κ3) is 3.19. The Morgan fingerprint density at radius 2 is 1.85 bits per heavy atom. The molecule has 2 aromatic heterocycles. The zero-order valence-corrected chi connectivity index (χ0v) is 17.0. The number of benzene rings is 1. The highest BCUT2D eigenvalue weighted by atomic mass is 35.5. The van der Waals surface area contributed by atoms with Crippen molar-refractivity contribution < 1.29 is 9.47 Å². The molecular weight excluding hydrogens is 370 g/mol. The van der Waals surface area contributed by atoms with Crippen molar-refractivity contribution >= 4 is 34.3 Å². The van der Waals surface area contributed by atoms with E-state index in [0.717, 1.165) is 45.0 Å². The highest BCUT2D eigenvalue weighted by molar-refractivity contribution is 7.98. The molecule has 1 aromatic carbocycles. The molecule has 0 atom stereocenters. The van der Waals surface area contributed by atoms with Gasteiger partial charge >= 0.3 is 0 Å². The quantitative estimate of drug-likeness (QED) is 0.454. The van der Waals surface area contributed by atoms with Gasteiger partial charge in [-0.25, -0.2) is 9.97 Å². The Labute approximate surface area is 162 Å². The fraction of sp³-hybridized carbons (Fsp3) is 0.316. The van der Waals surface area contributed by atoms with Gasteiger partial charge in [0.2, 0.25) is 0 Å². The number of methoxy groups -OCH3 is 2. The number of aryl methyl sites for hydroxylation is 1. The summed E-state index contributed by atoms with van der Waals surface area (Å²) < 4.78 is 10.9. The van der Waals surface area contributed by atoms with Crippen molar-refractivity contribution in [3.63, 3.8) is 0 Å². The van der Waals surface area contributed by atoms with Crippen molar-refractivity contribution in [3.05, 3.63) is 34.6 Å². The van der Waals surface area contributed by atoms with E-state index in [1.165, 1.54) is 11.8 Å². The zero-order valence-electron chi connectivity index (χ0n) is 15.4. The Morgan fingerprint density at radius 1 is 1.12 bits per heavy atom. The monoisotopic (exact) mass is 389 g/mol. The van der Waals surface area contributed by atoms with Crippen LogP contribution in [0.5, 0.6) is 11.5 Å². The molecule has 0 radical (unpaired) electrons. The molecule has 5 nitrogen and oxygen atoms in total. The summed E-state index contributed by atoms with van der Waals surface area (Å²) in [6.45, 7) is 4.03. The molecule has 3 rings (SSSR count). The van der Waals surface area contributed by atoms with Crippen LogP contribution in [0.4, 0.5) is 0 Å². The Hall–Kier alpha value is -2.05. The van der Waals surface area contributed by atoms with Gasteiger partial charge in [0.05, 0.1) is 36.1 Å². The minimum Gasteiger partial charge on any atom is -0.496 e. The van der Waals surface area contributed by atoms with Crippen LogP contribution in [0.15, 0.2) is 23.5 Å². The van der Waals surface area contributed by atoms with E-state index in [-0.39, 0.29) is 0 Å². The third-order valence-electron chi connectivity index (χ3n) is 4.27. The molecule has 0 spiro atoms. The Kier molecular flexibility index (Phi) is 5.53. The molecular formula is C19H20ClN3O2S. The summed E-state index contributed by atoms with van der Waals surface area (Å²) in [5.41, 5.74) is 4.25. The summed E-state index contributed by atoms with van der Waals surface area (Å²) in [6, 6.07) is 3.75. The number of hydrogen-bond acceptors (Lipinski definition) is 6. The second kappa shape index (κ2) is 7.68. The number of pyridine rings is 1. The second-order valence-electron chi connectivity index (χ2n) is 5.70. The molecule has 0 saturated heterocycles. The molecule has 0 aliphatic heterocycles. The van der Waals surface area contributed by atoms with Crippen LogP contribution in [-0.4, -0.2) is 35.4 Å². The van der Waals surface area contributed by atoms with Crippen molar-refractivity contribution in [2.75, 3.05) is 20.5 Å². The van der Waals surface area contributed by atoms with Crippen LogP contribution in [0, 0.1) is 6.92 Å². The Balaban J connectivity index is 2.32. The number of hydrogen-bond donors (Lipinski definition) is 0. The van der Waals surface area contributed by atoms with Gasteiger partial charge in [0.1, 0.15) is 11.5 Å². The van der Waals surface area contributed by atoms with Crippen molar-refractivity contribution in [2.24, 2.45) is 0 Å². The van der Waals surface area contributed by atoms with E-state index in [4.69, 9.17) is 26.1 Å². The lowest BCUT2D eigenvalue weighted by Crippen LogP contribution is -2.00. The first kappa shape index (κ1) is 18.7. The van der Waals surface area contributed by atoms with Crippen LogP contribution in [0.3, 0.4) is 0 Å². The van der Waals surface area contributed by atoms with Gasteiger partial charge < -0.3 is 9.47 Å². The van der Waals surface area contributed by atoms with Crippen LogP contribution in [0.1, 0.15) is 18.2 Å². The van der Waals surface area contributed by atoms with Gasteiger partial charge in [0.25, 0.3) is 0 Å². The number of fused-ring (bicyclic) bond motifs is 1. The van der Waals surface area contributed by atoms with Crippen LogP contribution in [0.2, 0.25) is 5.02 Å². The summed E-state index contributed by atoms with van der Waals surface area (Å²) >= 11 is 8.13. The van der Waals surface area contributed by atoms with Gasteiger partial charge in [0, 0.05) is 28.8 Å². The average Bonchev–Trinajstić information content (AvgIpc) is 2.67. The Morgan fingerprint density at radius 3 is 2.46 bits per heavy atom. The first-order chi connectivity index (χ1) is 12.5. The predicted octanol–water partition coefficient (Wildman–Crippen LogP) is 4.96. The molecule has 136 valence electrons. The molecule has 0 aliphatic carbocycles. The van der Waals surface area contributed by atoms with E-state index >= 15 is 0 Å². The molecule has 7 heteroatoms. The number of rotatable bonds is 5. The number of thioether (sulfide) groups is 1. The highest BCUT2D eigenvalue weighted by Gasteiger charge is 2.19. The van der Waals surface area contributed by atoms with E-state index in [2.05, 4.69) is 16.9 Å². The molecule has 0 aliphatic rings. The smallest absolute Gasteiger partial charge is 0.187 e. The summed E-state index contributed by atoms with van der Waals surface area (Å²) in [7, 11) is 3.21. The number of halogens is 1. The van der Waals surface area contributed by atoms with E-state index in [9.17, 15) is 0 Å². The topological polar surface area (TPSA) is 57.1 Å². The number of aromatic nitrogens is 3. The van der Waals surface area contributed by atoms with E-state index in [1.807, 2.05) is 25.4 Å². The van der Waals surface area contributed by atoms with Gasteiger partial charge in [-0.2, -0.15) is 0 Å². The van der Waals surface area contributed by atoms with Crippen LogP contribution < -0.4 is 9.47 Å². The van der Waals surface area contributed by atoms with Crippen LogP contribution >= 0.6 is 23.4 Å². The predicted molar refractivity (Wildman–Crippen MR) is 107 cm³/mol. The van der Waals surface area contributed by atoms with Gasteiger partial charge in [-0.1, -0.05) is 30.3 Å². The molecule has 2 heterocycles. The summed E-state index contributed by atoms with van der Waals surface area (Å²) in [4.78, 5) is 13.9. The minimum absolute atomic E-state index is 0.515. The van der Waals surface area contributed by atoms with Gasteiger partial charge in [-0.3, -0.25) is 4.98 Å². The van der Waals surface area contributed by atoms with Crippen molar-refractivity contribution in [1.29, 1.82) is 0 Å². The fourth-order valence-corrected chi connectivity index (χ4v) is 3.64. The largest absolute Gasteiger partial charge is 0.496 e. The number of ether oxygens (including phenoxy) is 2. The first-order valence-electron chi connectivity index (χ1n) is 8.16. The van der Waals surface area contributed by atoms with Crippen molar-refractivity contribution in [1.82, 2.24) is 15.0 Å². The average molecular weight is 390 g/mol. The zero-order chi connectivity index (χ0) is 18.8. The first-order valence-corrected chi connectivity index (χ1v) is 9.76. The number of nitrogens with zero attached hydrogens (tertiary/aromatic N) is 3. The van der Waals surface area contributed by atoms with E-state index in [0.29, 0.717) is 16.5 Å². The second-order valence-corrected chi connectivity index (χ2v) is 6.85. The SMILES string of the molecule is CCc1nc(-c2c(C)c(OC)cc(OC)c2Cl)cc2cnc(SC)nc12. The molecule has 0 N–H and O–H groups in total. The molecule has 0 unspecified atom stereocenters. The van der Waals surface area contributed by atoms with Crippen LogP contribution in [0.25, 0.3) is 22.2 Å². The normalized spacial score (nSPS) is 11.0. The maximum Gasteiger partial charge on any atom is 0.187 e. The van der Waals surface area contributed by atoms with E-state index < -0.39 is 0 Å². The maximum atomic E-state index is 6.62. The molecule has 0 amide bonds. The van der Waals surface area contributed by atoms with E-state index in [1.54, 1.807) is 20.3 Å². The van der Waals surface area contributed by atoms with Gasteiger partial charge in [-0.15, -0.1) is 0 Å². The highest BCUT2D eigenvalue weighted by Crippen LogP contribution is 2.42. The molecule has 0 fully saturated rings. The maximum absolute atomic E-state index is 6.62. The molecule has 0 saturated carbocycles. The lowest BCUT2D eigenvalue weighted by molar-refractivity contribution is 0.393. The van der Waals surface area contributed by atoms with Crippen molar-refractivity contribution in [3.8, 4) is 22.8 Å². The van der Waals surface area contributed by atoms with Gasteiger partial charge in [-0.05, 0) is 25.7 Å². The molecule has 3 aromatic rings.